The van der Waals surface area contributed by atoms with E-state index in [-0.39, 0.29) is 0 Å². The Hall–Kier alpha value is -5.50. The molecule has 0 aliphatic heterocycles. The molecule has 9 rings (SSSR count). The van der Waals surface area contributed by atoms with Gasteiger partial charge in [-0.25, -0.2) is 0 Å². The molecule has 8 aromatic carbocycles. The summed E-state index contributed by atoms with van der Waals surface area (Å²) in [5.74, 6) is 0. The van der Waals surface area contributed by atoms with Crippen LogP contribution in [0.5, 0.6) is 0 Å². The summed E-state index contributed by atoms with van der Waals surface area (Å²) in [7, 11) is 0. The molecule has 1 aliphatic rings. The van der Waals surface area contributed by atoms with Gasteiger partial charge in [0.05, 0.1) is 0 Å². The molecule has 0 atom stereocenters. The fraction of sp³-hybridized carbons (Fsp3) is 0. The molecule has 0 spiro atoms. The molecule has 0 saturated heterocycles. The highest BCUT2D eigenvalue weighted by atomic mass is 79.9. The highest BCUT2D eigenvalue weighted by Gasteiger charge is 2.30. The van der Waals surface area contributed by atoms with Gasteiger partial charge in [-0.2, -0.15) is 0 Å². The molecule has 0 saturated carbocycles. The van der Waals surface area contributed by atoms with Crippen molar-refractivity contribution in [3.63, 3.8) is 0 Å². The van der Waals surface area contributed by atoms with Gasteiger partial charge in [-0.15, -0.1) is 0 Å². The van der Waals surface area contributed by atoms with E-state index in [2.05, 4.69) is 192 Å². The van der Waals surface area contributed by atoms with Crippen molar-refractivity contribution in [3.8, 4) is 77.9 Å². The summed E-state index contributed by atoms with van der Waals surface area (Å²) in [6, 6.07) is 64.2. The van der Waals surface area contributed by atoms with Crippen molar-refractivity contribution in [1.82, 2.24) is 0 Å². The maximum atomic E-state index is 3.79. The second-order valence-corrected chi connectivity index (χ2v) is 13.1. The summed E-state index contributed by atoms with van der Waals surface area (Å²) in [6.07, 6.45) is 0. The van der Waals surface area contributed by atoms with Gasteiger partial charge in [0, 0.05) is 4.47 Å². The Labute approximate surface area is 283 Å². The fourth-order valence-electron chi connectivity index (χ4n) is 7.38. The predicted octanol–water partition coefficient (Wildman–Crippen LogP) is 13.6. The van der Waals surface area contributed by atoms with Crippen LogP contribution < -0.4 is 0 Å². The van der Waals surface area contributed by atoms with Crippen molar-refractivity contribution in [3.05, 3.63) is 180 Å². The SMILES string of the molecule is Brc1cccc(-c2cc(-c3cccc(-c4ccccc4)c3)c3c(c2-c2cccc(-c4ccccc4)c2)-c2cccc4cccc-3c24)c1. The largest absolute Gasteiger partial charge is 0.0622 e. The molecule has 0 heterocycles. The van der Waals surface area contributed by atoms with Crippen LogP contribution in [-0.2, 0) is 0 Å². The normalized spacial score (nSPS) is 11.5. The Morgan fingerprint density at radius 3 is 1.38 bits per heavy atom. The second-order valence-electron chi connectivity index (χ2n) is 12.2. The van der Waals surface area contributed by atoms with E-state index < -0.39 is 0 Å². The highest BCUT2D eigenvalue weighted by Crippen LogP contribution is 2.57. The van der Waals surface area contributed by atoms with E-state index in [1.807, 2.05) is 0 Å². The zero-order valence-electron chi connectivity index (χ0n) is 25.6. The third-order valence-corrected chi connectivity index (χ3v) is 9.94. The average molecular weight is 662 g/mol. The van der Waals surface area contributed by atoms with Crippen LogP contribution in [0.25, 0.3) is 88.7 Å². The first kappa shape index (κ1) is 27.8. The van der Waals surface area contributed by atoms with Crippen LogP contribution in [0, 0.1) is 0 Å². The smallest absolute Gasteiger partial charge is 0.0181 e. The Balaban J connectivity index is 1.41. The van der Waals surface area contributed by atoms with Gasteiger partial charge in [0.2, 0.25) is 0 Å². The van der Waals surface area contributed by atoms with Gasteiger partial charge >= 0.3 is 0 Å². The molecule has 0 nitrogen and oxygen atoms in total. The number of benzene rings is 8. The van der Waals surface area contributed by atoms with Crippen molar-refractivity contribution in [2.24, 2.45) is 0 Å². The van der Waals surface area contributed by atoms with Gasteiger partial charge in [0.25, 0.3) is 0 Å². The Kier molecular flexibility index (Phi) is 6.73. The Bertz CT molecular complexity index is 2450. The minimum atomic E-state index is 1.07. The van der Waals surface area contributed by atoms with Crippen LogP contribution in [-0.4, -0.2) is 0 Å². The molecule has 1 aliphatic carbocycles. The summed E-state index contributed by atoms with van der Waals surface area (Å²) >= 11 is 3.79. The number of hydrogen-bond acceptors (Lipinski definition) is 0. The maximum absolute atomic E-state index is 3.79. The summed E-state index contributed by atoms with van der Waals surface area (Å²) < 4.78 is 1.07. The Morgan fingerprint density at radius 2 is 0.745 bits per heavy atom. The molecular weight excluding hydrogens is 632 g/mol. The summed E-state index contributed by atoms with van der Waals surface area (Å²) in [6.45, 7) is 0. The van der Waals surface area contributed by atoms with E-state index in [1.165, 1.54) is 88.7 Å². The minimum Gasteiger partial charge on any atom is -0.0622 e. The van der Waals surface area contributed by atoms with Gasteiger partial charge in [-0.1, -0.05) is 162 Å². The van der Waals surface area contributed by atoms with Crippen molar-refractivity contribution in [1.29, 1.82) is 0 Å². The molecule has 0 bridgehead atoms. The van der Waals surface area contributed by atoms with E-state index in [0.717, 1.165) is 4.47 Å². The first-order chi connectivity index (χ1) is 23.2. The lowest BCUT2D eigenvalue weighted by Crippen LogP contribution is -1.95. The molecular formula is C46H29Br. The fourth-order valence-corrected chi connectivity index (χ4v) is 7.78. The van der Waals surface area contributed by atoms with Crippen molar-refractivity contribution in [2.75, 3.05) is 0 Å². The summed E-state index contributed by atoms with van der Waals surface area (Å²) in [5, 5.41) is 2.60. The predicted molar refractivity (Wildman–Crippen MR) is 203 cm³/mol. The maximum Gasteiger partial charge on any atom is 0.0181 e. The van der Waals surface area contributed by atoms with Crippen molar-refractivity contribution >= 4 is 26.7 Å². The first-order valence-corrected chi connectivity index (χ1v) is 16.8. The van der Waals surface area contributed by atoms with E-state index in [0.29, 0.717) is 0 Å². The lowest BCUT2D eigenvalue weighted by atomic mass is 9.81. The number of fused-ring (bicyclic) bond motifs is 3. The van der Waals surface area contributed by atoms with Gasteiger partial charge in [-0.05, 0) is 119 Å². The van der Waals surface area contributed by atoms with Crippen molar-refractivity contribution in [2.45, 2.75) is 0 Å². The van der Waals surface area contributed by atoms with E-state index in [1.54, 1.807) is 0 Å². The second kappa shape index (κ2) is 11.4. The lowest BCUT2D eigenvalue weighted by Gasteiger charge is -2.21. The quantitative estimate of drug-likeness (QED) is 0.172. The number of halogens is 1. The molecule has 1 heteroatoms. The molecule has 8 aromatic rings. The molecule has 0 radical (unpaired) electrons. The van der Waals surface area contributed by atoms with Crippen LogP contribution in [0.1, 0.15) is 0 Å². The van der Waals surface area contributed by atoms with Crippen LogP contribution >= 0.6 is 15.9 Å². The topological polar surface area (TPSA) is 0 Å². The molecule has 220 valence electrons. The van der Waals surface area contributed by atoms with E-state index in [4.69, 9.17) is 0 Å². The van der Waals surface area contributed by atoms with E-state index in [9.17, 15) is 0 Å². The van der Waals surface area contributed by atoms with Gasteiger partial charge in [0.1, 0.15) is 0 Å². The molecule has 0 unspecified atom stereocenters. The van der Waals surface area contributed by atoms with Crippen LogP contribution in [0.4, 0.5) is 0 Å². The standard InChI is InChI=1S/C46H29Br/c47-38-23-9-21-36(28-38)41-29-42(35-20-7-18-33(26-35)30-12-3-1-4-13-30)45-39-24-10-16-32-17-11-25-40(43(32)39)46(45)44(41)37-22-8-19-34(27-37)31-14-5-2-6-15-31/h1-29H. The van der Waals surface area contributed by atoms with Crippen LogP contribution in [0.15, 0.2) is 180 Å². The highest BCUT2D eigenvalue weighted by molar-refractivity contribution is 9.10. The van der Waals surface area contributed by atoms with Gasteiger partial charge < -0.3 is 0 Å². The average Bonchev–Trinajstić information content (AvgIpc) is 3.47. The van der Waals surface area contributed by atoms with Crippen LogP contribution in [0.2, 0.25) is 0 Å². The van der Waals surface area contributed by atoms with Crippen LogP contribution in [0.3, 0.4) is 0 Å². The monoisotopic (exact) mass is 660 g/mol. The molecule has 47 heavy (non-hydrogen) atoms. The third kappa shape index (κ3) is 4.74. The zero-order valence-corrected chi connectivity index (χ0v) is 27.2. The summed E-state index contributed by atoms with van der Waals surface area (Å²) in [5.41, 5.74) is 17.4. The van der Waals surface area contributed by atoms with Crippen molar-refractivity contribution < 1.29 is 0 Å². The molecule has 0 amide bonds. The molecule has 0 N–H and O–H groups in total. The number of hydrogen-bond donors (Lipinski definition) is 0. The Morgan fingerprint density at radius 1 is 0.277 bits per heavy atom. The molecule has 0 fully saturated rings. The van der Waals surface area contributed by atoms with E-state index >= 15 is 0 Å². The molecule has 0 aromatic heterocycles. The third-order valence-electron chi connectivity index (χ3n) is 9.45. The first-order valence-electron chi connectivity index (χ1n) is 16.0. The van der Waals surface area contributed by atoms with Gasteiger partial charge in [-0.3, -0.25) is 0 Å². The van der Waals surface area contributed by atoms with Gasteiger partial charge in [0.15, 0.2) is 0 Å². The lowest BCUT2D eigenvalue weighted by molar-refractivity contribution is 1.54. The zero-order chi connectivity index (χ0) is 31.3. The summed E-state index contributed by atoms with van der Waals surface area (Å²) in [4.78, 5) is 0. The number of rotatable bonds is 5. The minimum absolute atomic E-state index is 1.07.